The molecule has 2 aromatic heterocycles. The number of hydrogen-bond donors (Lipinski definition) is 0. The number of fused-ring (bicyclic) bond motifs is 1. The molecule has 1 saturated carbocycles. The molecule has 1 aliphatic rings. The zero-order chi connectivity index (χ0) is 23.1. The van der Waals surface area contributed by atoms with E-state index >= 15 is 0 Å². The lowest BCUT2D eigenvalue weighted by Crippen LogP contribution is -2.41. The minimum atomic E-state index is -0.320. The van der Waals surface area contributed by atoms with E-state index in [0.717, 1.165) is 31.2 Å². The van der Waals surface area contributed by atoms with Crippen LogP contribution in [-0.4, -0.2) is 18.7 Å². The lowest BCUT2D eigenvalue weighted by atomic mass is 10.0. The van der Waals surface area contributed by atoms with Gasteiger partial charge < -0.3 is 4.57 Å². The summed E-state index contributed by atoms with van der Waals surface area (Å²) in [5.41, 5.74) is 3.00. The SMILES string of the molecule is CC(C)c1ccc(-n2c(=O)n(C3CCCC3)c(=O)c3c2ncn3Cc2ccccc2Cl)cc1. The molecule has 7 heteroatoms. The van der Waals surface area contributed by atoms with Crippen molar-refractivity contribution in [3.8, 4) is 5.69 Å². The third-order valence-corrected chi connectivity index (χ3v) is 7.02. The van der Waals surface area contributed by atoms with Gasteiger partial charge in [-0.2, -0.15) is 0 Å². The summed E-state index contributed by atoms with van der Waals surface area (Å²) in [4.78, 5) is 31.9. The van der Waals surface area contributed by atoms with Gasteiger partial charge in [0.05, 0.1) is 18.6 Å². The Morgan fingerprint density at radius 2 is 1.73 bits per heavy atom. The van der Waals surface area contributed by atoms with Gasteiger partial charge in [-0.05, 0) is 48.1 Å². The number of aromatic nitrogens is 4. The van der Waals surface area contributed by atoms with Crippen LogP contribution in [0.2, 0.25) is 5.02 Å². The summed E-state index contributed by atoms with van der Waals surface area (Å²) in [6.45, 7) is 4.67. The van der Waals surface area contributed by atoms with Crippen LogP contribution in [0.15, 0.2) is 64.4 Å². The number of halogens is 1. The fourth-order valence-corrected chi connectivity index (χ4v) is 5.00. The molecule has 2 aromatic carbocycles. The average Bonchev–Trinajstić information content (AvgIpc) is 3.47. The van der Waals surface area contributed by atoms with E-state index < -0.39 is 0 Å². The van der Waals surface area contributed by atoms with E-state index in [1.165, 1.54) is 10.1 Å². The predicted molar refractivity (Wildman–Crippen MR) is 132 cm³/mol. The summed E-state index contributed by atoms with van der Waals surface area (Å²) < 4.78 is 4.85. The maximum Gasteiger partial charge on any atom is 0.337 e. The van der Waals surface area contributed by atoms with Crippen molar-refractivity contribution in [3.63, 3.8) is 0 Å². The van der Waals surface area contributed by atoms with E-state index in [9.17, 15) is 9.59 Å². The second-order valence-corrected chi connectivity index (χ2v) is 9.52. The minimum Gasteiger partial charge on any atom is -0.320 e. The van der Waals surface area contributed by atoms with Crippen molar-refractivity contribution in [2.75, 3.05) is 0 Å². The lowest BCUT2D eigenvalue weighted by Gasteiger charge is -2.17. The number of rotatable bonds is 5. The molecule has 170 valence electrons. The molecule has 0 N–H and O–H groups in total. The molecule has 4 aromatic rings. The van der Waals surface area contributed by atoms with Crippen LogP contribution < -0.4 is 11.2 Å². The third-order valence-electron chi connectivity index (χ3n) is 6.66. The molecule has 0 atom stereocenters. The standard InChI is InChI=1S/C26H27ClN4O2/c1-17(2)18-11-13-21(14-12-18)30-24-23(25(32)31(26(30)33)20-8-4-5-9-20)29(16-28-24)15-19-7-3-6-10-22(19)27/h3,6-7,10-14,16-17,20H,4-5,8-9,15H2,1-2H3. The molecule has 1 fully saturated rings. The molecule has 33 heavy (non-hydrogen) atoms. The Morgan fingerprint density at radius 3 is 2.39 bits per heavy atom. The Balaban J connectivity index is 1.75. The predicted octanol–water partition coefficient (Wildman–Crippen LogP) is 5.29. The Morgan fingerprint density at radius 1 is 1.03 bits per heavy atom. The van der Waals surface area contributed by atoms with Crippen LogP contribution in [0, 0.1) is 0 Å². The van der Waals surface area contributed by atoms with Crippen molar-refractivity contribution in [1.82, 2.24) is 18.7 Å². The van der Waals surface area contributed by atoms with Crippen LogP contribution in [0.25, 0.3) is 16.9 Å². The normalized spacial score (nSPS) is 14.5. The fourth-order valence-electron chi connectivity index (χ4n) is 4.81. The van der Waals surface area contributed by atoms with Crippen LogP contribution in [0.3, 0.4) is 0 Å². The molecule has 0 unspecified atom stereocenters. The second kappa shape index (κ2) is 8.67. The van der Waals surface area contributed by atoms with Crippen molar-refractivity contribution < 1.29 is 0 Å². The van der Waals surface area contributed by atoms with Gasteiger partial charge in [0.25, 0.3) is 5.56 Å². The smallest absolute Gasteiger partial charge is 0.320 e. The quantitative estimate of drug-likeness (QED) is 0.405. The van der Waals surface area contributed by atoms with Gasteiger partial charge in [0.1, 0.15) is 0 Å². The highest BCUT2D eigenvalue weighted by Gasteiger charge is 2.26. The number of nitrogens with zero attached hydrogens (tertiary/aromatic N) is 4. The molecule has 5 rings (SSSR count). The molecule has 0 saturated heterocycles. The largest absolute Gasteiger partial charge is 0.337 e. The first-order valence-corrected chi connectivity index (χ1v) is 11.9. The van der Waals surface area contributed by atoms with E-state index in [2.05, 4.69) is 18.8 Å². The number of benzene rings is 2. The monoisotopic (exact) mass is 462 g/mol. The molecule has 6 nitrogen and oxygen atoms in total. The zero-order valence-corrected chi connectivity index (χ0v) is 19.6. The van der Waals surface area contributed by atoms with E-state index in [0.29, 0.717) is 34.3 Å². The molecular weight excluding hydrogens is 436 g/mol. The highest BCUT2D eigenvalue weighted by Crippen LogP contribution is 2.28. The van der Waals surface area contributed by atoms with E-state index in [1.54, 1.807) is 10.9 Å². The summed E-state index contributed by atoms with van der Waals surface area (Å²) >= 11 is 6.39. The maximum atomic E-state index is 13.7. The summed E-state index contributed by atoms with van der Waals surface area (Å²) in [5, 5.41) is 0.632. The lowest BCUT2D eigenvalue weighted by molar-refractivity contribution is 0.474. The van der Waals surface area contributed by atoms with Crippen LogP contribution in [-0.2, 0) is 6.54 Å². The van der Waals surface area contributed by atoms with Gasteiger partial charge >= 0.3 is 5.69 Å². The van der Waals surface area contributed by atoms with E-state index in [4.69, 9.17) is 11.6 Å². The molecular formula is C26H27ClN4O2. The fraction of sp³-hybridized carbons (Fsp3) is 0.346. The maximum absolute atomic E-state index is 13.7. The number of imidazole rings is 1. The molecule has 0 amide bonds. The van der Waals surface area contributed by atoms with Crippen molar-refractivity contribution in [3.05, 3.63) is 91.8 Å². The van der Waals surface area contributed by atoms with Gasteiger partial charge in [0.2, 0.25) is 0 Å². The highest BCUT2D eigenvalue weighted by atomic mass is 35.5. The Bertz CT molecular complexity index is 1420. The summed E-state index contributed by atoms with van der Waals surface area (Å²) in [6.07, 6.45) is 5.36. The van der Waals surface area contributed by atoms with Gasteiger partial charge in [-0.25, -0.2) is 14.3 Å². The molecule has 0 radical (unpaired) electrons. The van der Waals surface area contributed by atoms with Crippen LogP contribution in [0.5, 0.6) is 0 Å². The molecule has 0 aliphatic heterocycles. The van der Waals surface area contributed by atoms with Gasteiger partial charge in [-0.1, -0.05) is 68.6 Å². The first kappa shape index (κ1) is 21.7. The highest BCUT2D eigenvalue weighted by molar-refractivity contribution is 6.31. The third kappa shape index (κ3) is 3.82. The summed E-state index contributed by atoms with van der Waals surface area (Å²) in [7, 11) is 0. The van der Waals surface area contributed by atoms with Crippen molar-refractivity contribution >= 4 is 22.8 Å². The zero-order valence-electron chi connectivity index (χ0n) is 18.9. The molecule has 0 bridgehead atoms. The van der Waals surface area contributed by atoms with E-state index in [1.807, 2.05) is 53.1 Å². The van der Waals surface area contributed by atoms with Crippen molar-refractivity contribution in [2.45, 2.75) is 58.0 Å². The average molecular weight is 463 g/mol. The van der Waals surface area contributed by atoms with Crippen molar-refractivity contribution in [1.29, 1.82) is 0 Å². The summed E-state index contributed by atoms with van der Waals surface area (Å²) in [6, 6.07) is 15.4. The minimum absolute atomic E-state index is 0.0840. The molecule has 0 spiro atoms. The molecule has 1 aliphatic carbocycles. The number of hydrogen-bond acceptors (Lipinski definition) is 3. The summed E-state index contributed by atoms with van der Waals surface area (Å²) in [5.74, 6) is 0.387. The Kier molecular flexibility index (Phi) is 5.71. The van der Waals surface area contributed by atoms with Gasteiger partial charge in [-0.15, -0.1) is 0 Å². The topological polar surface area (TPSA) is 61.8 Å². The molecule has 2 heterocycles. The van der Waals surface area contributed by atoms with Gasteiger partial charge in [0, 0.05) is 11.1 Å². The first-order chi connectivity index (χ1) is 16.0. The van der Waals surface area contributed by atoms with Crippen LogP contribution in [0.4, 0.5) is 0 Å². The van der Waals surface area contributed by atoms with Crippen molar-refractivity contribution in [2.24, 2.45) is 0 Å². The Labute approximate surface area is 197 Å². The second-order valence-electron chi connectivity index (χ2n) is 9.11. The van der Waals surface area contributed by atoms with Gasteiger partial charge in [-0.3, -0.25) is 9.36 Å². The van der Waals surface area contributed by atoms with E-state index in [-0.39, 0.29) is 17.3 Å². The first-order valence-electron chi connectivity index (χ1n) is 11.5. The van der Waals surface area contributed by atoms with Gasteiger partial charge in [0.15, 0.2) is 11.2 Å². The van der Waals surface area contributed by atoms with Crippen LogP contribution >= 0.6 is 11.6 Å². The van der Waals surface area contributed by atoms with Crippen LogP contribution in [0.1, 0.15) is 62.6 Å². The Hall–Kier alpha value is -3.12.